The van der Waals surface area contributed by atoms with E-state index in [9.17, 15) is 9.59 Å². The second kappa shape index (κ2) is 5.08. The Balaban J connectivity index is 2.24. The molecule has 1 atom stereocenters. The number of carbonyl (C=O) groups is 2. The molecule has 1 aliphatic rings. The van der Waals surface area contributed by atoms with Crippen LogP contribution in [-0.2, 0) is 9.59 Å². The summed E-state index contributed by atoms with van der Waals surface area (Å²) in [5, 5.41) is 2.66. The minimum atomic E-state index is -0.484. The van der Waals surface area contributed by atoms with E-state index in [-0.39, 0.29) is 11.8 Å². The van der Waals surface area contributed by atoms with E-state index in [1.54, 1.807) is 31.1 Å². The van der Waals surface area contributed by atoms with Gasteiger partial charge in [0.25, 0.3) is 0 Å². The Kier molecular flexibility index (Phi) is 3.50. The van der Waals surface area contributed by atoms with Crippen LogP contribution in [0.4, 0.5) is 5.69 Å². The minimum absolute atomic E-state index is 0.0909. The molecule has 0 aromatic heterocycles. The summed E-state index contributed by atoms with van der Waals surface area (Å²) >= 11 is 0. The standard InChI is InChI=1S/C13H16N2O3/c1-9-13(17)15(8-7-12(16)14-9)10-3-5-11(18-2)6-4-10/h3-6,9H,7-8H2,1-2H3,(H,14,16). The Morgan fingerprint density at radius 2 is 1.94 bits per heavy atom. The monoisotopic (exact) mass is 248 g/mol. The Morgan fingerprint density at radius 1 is 1.28 bits per heavy atom. The summed E-state index contributed by atoms with van der Waals surface area (Å²) in [5.41, 5.74) is 0.782. The molecule has 0 spiro atoms. The molecule has 96 valence electrons. The molecule has 1 N–H and O–H groups in total. The van der Waals surface area contributed by atoms with E-state index in [0.29, 0.717) is 13.0 Å². The maximum Gasteiger partial charge on any atom is 0.249 e. The molecular formula is C13H16N2O3. The maximum atomic E-state index is 12.1. The van der Waals surface area contributed by atoms with Gasteiger partial charge in [0, 0.05) is 18.7 Å². The summed E-state index contributed by atoms with van der Waals surface area (Å²) in [6.07, 6.45) is 0.322. The van der Waals surface area contributed by atoms with Crippen molar-refractivity contribution < 1.29 is 14.3 Å². The lowest BCUT2D eigenvalue weighted by Crippen LogP contribution is -2.42. The lowest BCUT2D eigenvalue weighted by molar-refractivity contribution is -0.125. The summed E-state index contributed by atoms with van der Waals surface area (Å²) in [6, 6.07) is 6.75. The van der Waals surface area contributed by atoms with E-state index >= 15 is 0 Å². The highest BCUT2D eigenvalue weighted by Gasteiger charge is 2.27. The number of ether oxygens (including phenoxy) is 1. The molecule has 1 aliphatic heterocycles. The van der Waals surface area contributed by atoms with Crippen LogP contribution < -0.4 is 15.0 Å². The van der Waals surface area contributed by atoms with Gasteiger partial charge in [-0.2, -0.15) is 0 Å². The normalized spacial score (nSPS) is 20.3. The van der Waals surface area contributed by atoms with Crippen LogP contribution in [-0.4, -0.2) is 31.5 Å². The first-order valence-electron chi connectivity index (χ1n) is 5.86. The molecule has 1 aromatic rings. The van der Waals surface area contributed by atoms with E-state index in [1.165, 1.54) is 0 Å². The fourth-order valence-corrected chi connectivity index (χ4v) is 1.95. The van der Waals surface area contributed by atoms with Crippen LogP contribution in [0.25, 0.3) is 0 Å². The van der Waals surface area contributed by atoms with Crippen molar-refractivity contribution in [2.75, 3.05) is 18.6 Å². The van der Waals surface area contributed by atoms with Gasteiger partial charge in [-0.15, -0.1) is 0 Å². The van der Waals surface area contributed by atoms with Crippen molar-refractivity contribution in [3.05, 3.63) is 24.3 Å². The highest BCUT2D eigenvalue weighted by molar-refractivity contribution is 6.00. The van der Waals surface area contributed by atoms with E-state index in [1.807, 2.05) is 12.1 Å². The van der Waals surface area contributed by atoms with Crippen molar-refractivity contribution in [2.45, 2.75) is 19.4 Å². The zero-order chi connectivity index (χ0) is 13.1. The number of nitrogens with one attached hydrogen (secondary N) is 1. The van der Waals surface area contributed by atoms with Gasteiger partial charge in [-0.3, -0.25) is 9.59 Å². The second-order valence-electron chi connectivity index (χ2n) is 4.23. The molecule has 1 unspecified atom stereocenters. The molecule has 1 aromatic carbocycles. The second-order valence-corrected chi connectivity index (χ2v) is 4.23. The number of carbonyl (C=O) groups excluding carboxylic acids is 2. The van der Waals surface area contributed by atoms with Crippen LogP contribution in [0.1, 0.15) is 13.3 Å². The molecular weight excluding hydrogens is 232 g/mol. The van der Waals surface area contributed by atoms with Gasteiger partial charge < -0.3 is 15.0 Å². The summed E-state index contributed by atoms with van der Waals surface area (Å²) in [6.45, 7) is 2.10. The van der Waals surface area contributed by atoms with Gasteiger partial charge in [0.15, 0.2) is 0 Å². The third-order valence-corrected chi connectivity index (χ3v) is 2.96. The summed E-state index contributed by atoms with van der Waals surface area (Å²) in [4.78, 5) is 25.2. The molecule has 18 heavy (non-hydrogen) atoms. The number of hydrogen-bond donors (Lipinski definition) is 1. The molecule has 0 radical (unpaired) electrons. The van der Waals surface area contributed by atoms with Crippen LogP contribution >= 0.6 is 0 Å². The van der Waals surface area contributed by atoms with Gasteiger partial charge >= 0.3 is 0 Å². The topological polar surface area (TPSA) is 58.6 Å². The van der Waals surface area contributed by atoms with Gasteiger partial charge in [0.2, 0.25) is 11.8 Å². The van der Waals surface area contributed by atoms with Crippen LogP contribution in [0.5, 0.6) is 5.75 Å². The third-order valence-electron chi connectivity index (χ3n) is 2.96. The van der Waals surface area contributed by atoms with Crippen molar-refractivity contribution in [1.29, 1.82) is 0 Å². The Hall–Kier alpha value is -2.04. The van der Waals surface area contributed by atoms with Crippen LogP contribution in [0.2, 0.25) is 0 Å². The predicted octanol–water partition coefficient (Wildman–Crippen LogP) is 0.937. The van der Waals surface area contributed by atoms with Gasteiger partial charge in [-0.1, -0.05) is 0 Å². The van der Waals surface area contributed by atoms with Crippen molar-refractivity contribution in [3.8, 4) is 5.75 Å². The zero-order valence-electron chi connectivity index (χ0n) is 10.5. The lowest BCUT2D eigenvalue weighted by atomic mass is 10.2. The molecule has 5 nitrogen and oxygen atoms in total. The number of methoxy groups -OCH3 is 1. The summed E-state index contributed by atoms with van der Waals surface area (Å²) < 4.78 is 5.08. The molecule has 0 saturated carbocycles. The van der Waals surface area contributed by atoms with Crippen LogP contribution in [0.3, 0.4) is 0 Å². The molecule has 0 aliphatic carbocycles. The third kappa shape index (κ3) is 2.45. The van der Waals surface area contributed by atoms with E-state index in [4.69, 9.17) is 4.74 Å². The van der Waals surface area contributed by atoms with Crippen LogP contribution in [0.15, 0.2) is 24.3 Å². The number of nitrogens with zero attached hydrogens (tertiary/aromatic N) is 1. The first-order chi connectivity index (χ1) is 8.61. The predicted molar refractivity (Wildman–Crippen MR) is 67.6 cm³/mol. The minimum Gasteiger partial charge on any atom is -0.497 e. The molecule has 0 bridgehead atoms. The molecule has 2 amide bonds. The number of amides is 2. The van der Waals surface area contributed by atoms with E-state index in [2.05, 4.69) is 5.32 Å². The first kappa shape index (κ1) is 12.4. The van der Waals surface area contributed by atoms with Crippen LogP contribution in [0, 0.1) is 0 Å². The fourth-order valence-electron chi connectivity index (χ4n) is 1.95. The van der Waals surface area contributed by atoms with Crippen molar-refractivity contribution in [1.82, 2.24) is 5.32 Å². The molecule has 1 fully saturated rings. The Morgan fingerprint density at radius 3 is 2.56 bits per heavy atom. The Labute approximate surface area is 106 Å². The molecule has 1 heterocycles. The average Bonchev–Trinajstić information content (AvgIpc) is 2.50. The zero-order valence-corrected chi connectivity index (χ0v) is 10.5. The number of hydrogen-bond acceptors (Lipinski definition) is 3. The number of rotatable bonds is 2. The van der Waals surface area contributed by atoms with E-state index < -0.39 is 6.04 Å². The highest BCUT2D eigenvalue weighted by Crippen LogP contribution is 2.21. The van der Waals surface area contributed by atoms with E-state index in [0.717, 1.165) is 11.4 Å². The smallest absolute Gasteiger partial charge is 0.249 e. The number of benzene rings is 1. The quantitative estimate of drug-likeness (QED) is 0.847. The lowest BCUT2D eigenvalue weighted by Gasteiger charge is -2.22. The Bertz CT molecular complexity index is 456. The van der Waals surface area contributed by atoms with Gasteiger partial charge in [-0.25, -0.2) is 0 Å². The average molecular weight is 248 g/mol. The van der Waals surface area contributed by atoms with Gasteiger partial charge in [0.1, 0.15) is 11.8 Å². The number of anilines is 1. The molecule has 1 saturated heterocycles. The SMILES string of the molecule is COc1ccc(N2CCC(=O)NC(C)C2=O)cc1. The maximum absolute atomic E-state index is 12.1. The first-order valence-corrected chi connectivity index (χ1v) is 5.86. The highest BCUT2D eigenvalue weighted by atomic mass is 16.5. The van der Waals surface area contributed by atoms with Crippen molar-refractivity contribution in [3.63, 3.8) is 0 Å². The van der Waals surface area contributed by atoms with Gasteiger partial charge in [0.05, 0.1) is 7.11 Å². The fraction of sp³-hybridized carbons (Fsp3) is 0.385. The van der Waals surface area contributed by atoms with Gasteiger partial charge in [-0.05, 0) is 31.2 Å². The van der Waals surface area contributed by atoms with Crippen molar-refractivity contribution >= 4 is 17.5 Å². The summed E-state index contributed by atoms with van der Waals surface area (Å²) in [7, 11) is 1.59. The molecule has 2 rings (SSSR count). The van der Waals surface area contributed by atoms with Crippen molar-refractivity contribution in [2.24, 2.45) is 0 Å². The summed E-state index contributed by atoms with van der Waals surface area (Å²) in [5.74, 6) is 0.557. The molecule has 5 heteroatoms. The largest absolute Gasteiger partial charge is 0.497 e.